The number of rotatable bonds is 2. The number of ether oxygens (including phenoxy) is 1. The van der Waals surface area contributed by atoms with E-state index < -0.39 is 0 Å². The van der Waals surface area contributed by atoms with Crippen molar-refractivity contribution in [3.63, 3.8) is 0 Å². The Morgan fingerprint density at radius 3 is 2.67 bits per heavy atom. The Morgan fingerprint density at radius 1 is 1.25 bits per heavy atom. The van der Waals surface area contributed by atoms with Crippen molar-refractivity contribution in [2.75, 3.05) is 0 Å². The van der Waals surface area contributed by atoms with E-state index in [0.717, 1.165) is 0 Å². The minimum Gasteiger partial charge on any atom is -0.360 e. The minimum atomic E-state index is 0.308. The Hall–Kier alpha value is -1.08. The first-order chi connectivity index (χ1) is 5.92. The van der Waals surface area contributed by atoms with Gasteiger partial charge in [0.25, 0.3) is 0 Å². The number of benzene rings is 1. The van der Waals surface area contributed by atoms with Crippen LogP contribution in [0.3, 0.4) is 0 Å². The molecule has 0 unspecified atom stereocenters. The van der Waals surface area contributed by atoms with Crippen LogP contribution in [-0.2, 0) is 4.74 Å². The van der Waals surface area contributed by atoms with Crippen molar-refractivity contribution >= 4 is 0 Å². The van der Waals surface area contributed by atoms with Gasteiger partial charge < -0.3 is 4.74 Å². The van der Waals surface area contributed by atoms with Gasteiger partial charge in [-0.15, -0.1) is 0 Å². The summed E-state index contributed by atoms with van der Waals surface area (Å²) in [5.41, 5.74) is 1.28. The summed E-state index contributed by atoms with van der Waals surface area (Å²) < 4.78 is 5.46. The molecule has 1 nitrogen and oxygen atoms in total. The highest BCUT2D eigenvalue weighted by Gasteiger charge is 2.37. The molecule has 1 fully saturated rings. The third kappa shape index (κ3) is 1.41. The van der Waals surface area contributed by atoms with Gasteiger partial charge in [0, 0.05) is 0 Å². The third-order valence-electron chi connectivity index (χ3n) is 2.04. The number of epoxide rings is 1. The van der Waals surface area contributed by atoms with Crippen LogP contribution in [0.1, 0.15) is 18.6 Å². The minimum absolute atomic E-state index is 0.308. The van der Waals surface area contributed by atoms with Gasteiger partial charge in [-0.05, 0) is 12.5 Å². The Morgan fingerprint density at radius 2 is 2.00 bits per heavy atom. The first-order valence-electron chi connectivity index (χ1n) is 4.25. The lowest BCUT2D eigenvalue weighted by molar-refractivity contribution is 0.394. The first kappa shape index (κ1) is 7.56. The fraction of sp³-hybridized carbons (Fsp3) is 0.273. The molecule has 2 rings (SSSR count). The van der Waals surface area contributed by atoms with Crippen molar-refractivity contribution in [2.24, 2.45) is 0 Å². The molecule has 0 aromatic heterocycles. The maximum absolute atomic E-state index is 5.46. The highest BCUT2D eigenvalue weighted by Crippen LogP contribution is 2.39. The predicted molar refractivity (Wildman–Crippen MR) is 48.9 cm³/mol. The first-order valence-corrected chi connectivity index (χ1v) is 4.25. The number of hydrogen-bond acceptors (Lipinski definition) is 1. The molecule has 0 amide bonds. The molecule has 0 radical (unpaired) electrons. The van der Waals surface area contributed by atoms with E-state index in [-0.39, 0.29) is 0 Å². The number of hydrogen-bond donors (Lipinski definition) is 0. The van der Waals surface area contributed by atoms with Crippen molar-refractivity contribution in [1.82, 2.24) is 0 Å². The van der Waals surface area contributed by atoms with Gasteiger partial charge in [0.15, 0.2) is 0 Å². The molecular formula is C11H12O. The van der Waals surface area contributed by atoms with Crippen LogP contribution in [0.5, 0.6) is 0 Å². The topological polar surface area (TPSA) is 12.5 Å². The van der Waals surface area contributed by atoms with E-state index in [2.05, 4.69) is 18.2 Å². The van der Waals surface area contributed by atoms with E-state index in [0.29, 0.717) is 12.2 Å². The Balaban J connectivity index is 2.06. The van der Waals surface area contributed by atoms with Gasteiger partial charge in [-0.1, -0.05) is 42.5 Å². The lowest BCUT2D eigenvalue weighted by atomic mass is 10.1. The van der Waals surface area contributed by atoms with Gasteiger partial charge in [0.2, 0.25) is 0 Å². The van der Waals surface area contributed by atoms with Gasteiger partial charge >= 0.3 is 0 Å². The summed E-state index contributed by atoms with van der Waals surface area (Å²) in [4.78, 5) is 0. The molecule has 1 aliphatic heterocycles. The summed E-state index contributed by atoms with van der Waals surface area (Å²) >= 11 is 0. The Bertz CT molecular complexity index is 276. The zero-order valence-electron chi connectivity index (χ0n) is 7.10. The molecule has 1 heteroatoms. The summed E-state index contributed by atoms with van der Waals surface area (Å²) in [7, 11) is 0. The normalized spacial score (nSPS) is 27.8. The molecule has 0 bridgehead atoms. The smallest absolute Gasteiger partial charge is 0.113 e. The molecule has 0 N–H and O–H groups in total. The molecule has 12 heavy (non-hydrogen) atoms. The van der Waals surface area contributed by atoms with Crippen LogP contribution >= 0.6 is 0 Å². The second-order valence-corrected chi connectivity index (χ2v) is 2.96. The van der Waals surface area contributed by atoms with Crippen LogP contribution in [0.2, 0.25) is 0 Å². The van der Waals surface area contributed by atoms with E-state index in [4.69, 9.17) is 4.74 Å². The summed E-state index contributed by atoms with van der Waals surface area (Å²) in [5, 5.41) is 0. The van der Waals surface area contributed by atoms with Gasteiger partial charge in [-0.25, -0.2) is 0 Å². The zero-order chi connectivity index (χ0) is 8.39. The predicted octanol–water partition coefficient (Wildman–Crippen LogP) is 2.70. The molecule has 1 aliphatic rings. The van der Waals surface area contributed by atoms with Crippen molar-refractivity contribution < 1.29 is 4.74 Å². The maximum atomic E-state index is 5.46. The van der Waals surface area contributed by atoms with E-state index >= 15 is 0 Å². The van der Waals surface area contributed by atoms with Gasteiger partial charge in [-0.3, -0.25) is 0 Å². The third-order valence-corrected chi connectivity index (χ3v) is 2.04. The van der Waals surface area contributed by atoms with Crippen LogP contribution in [-0.4, -0.2) is 6.10 Å². The highest BCUT2D eigenvalue weighted by atomic mass is 16.6. The molecule has 1 heterocycles. The van der Waals surface area contributed by atoms with Crippen LogP contribution < -0.4 is 0 Å². The van der Waals surface area contributed by atoms with Crippen molar-refractivity contribution in [3.8, 4) is 0 Å². The average Bonchev–Trinajstić information content (AvgIpc) is 2.87. The monoisotopic (exact) mass is 160 g/mol. The zero-order valence-corrected chi connectivity index (χ0v) is 7.10. The van der Waals surface area contributed by atoms with Gasteiger partial charge in [-0.2, -0.15) is 0 Å². The Labute approximate surface area is 72.7 Å². The second-order valence-electron chi connectivity index (χ2n) is 2.96. The summed E-state index contributed by atoms with van der Waals surface area (Å²) in [6.07, 6.45) is 4.76. The maximum Gasteiger partial charge on any atom is 0.113 e. The van der Waals surface area contributed by atoms with E-state index in [1.807, 2.05) is 31.2 Å². The van der Waals surface area contributed by atoms with Crippen LogP contribution in [0.15, 0.2) is 42.5 Å². The quantitative estimate of drug-likeness (QED) is 0.478. The van der Waals surface area contributed by atoms with Gasteiger partial charge in [0.05, 0.1) is 0 Å². The molecule has 1 saturated heterocycles. The van der Waals surface area contributed by atoms with Crippen LogP contribution in [0.4, 0.5) is 0 Å². The van der Waals surface area contributed by atoms with Crippen molar-refractivity contribution in [1.29, 1.82) is 0 Å². The summed E-state index contributed by atoms with van der Waals surface area (Å²) in [6.45, 7) is 2.02. The molecular weight excluding hydrogens is 148 g/mol. The fourth-order valence-corrected chi connectivity index (χ4v) is 1.37. The molecule has 0 aliphatic carbocycles. The molecule has 1 aromatic carbocycles. The average molecular weight is 160 g/mol. The lowest BCUT2D eigenvalue weighted by Gasteiger charge is -1.91. The summed E-state index contributed by atoms with van der Waals surface area (Å²) in [6, 6.07) is 10.3. The largest absolute Gasteiger partial charge is 0.360 e. The van der Waals surface area contributed by atoms with E-state index in [9.17, 15) is 0 Å². The molecule has 2 atom stereocenters. The second kappa shape index (κ2) is 3.11. The van der Waals surface area contributed by atoms with Crippen LogP contribution in [0.25, 0.3) is 0 Å². The fourth-order valence-electron chi connectivity index (χ4n) is 1.37. The van der Waals surface area contributed by atoms with E-state index in [1.54, 1.807) is 0 Å². The SMILES string of the molecule is C/C=C/[C@@H]1O[C@H]1c1ccccc1. The highest BCUT2D eigenvalue weighted by molar-refractivity contribution is 5.24. The molecule has 62 valence electrons. The number of allylic oxidation sites excluding steroid dienone is 1. The van der Waals surface area contributed by atoms with E-state index in [1.165, 1.54) is 5.56 Å². The van der Waals surface area contributed by atoms with Gasteiger partial charge in [0.1, 0.15) is 12.2 Å². The Kier molecular flexibility index (Phi) is 1.96. The molecule has 0 spiro atoms. The molecule has 0 saturated carbocycles. The molecule has 1 aromatic rings. The lowest BCUT2D eigenvalue weighted by Crippen LogP contribution is -1.82. The standard InChI is InChI=1S/C11H12O/c1-2-6-10-11(12-10)9-7-4-3-5-8-9/h2-8,10-11H,1H3/b6-2+/t10-,11-/m0/s1. The van der Waals surface area contributed by atoms with Crippen LogP contribution in [0, 0.1) is 0 Å². The summed E-state index contributed by atoms with van der Waals surface area (Å²) in [5.74, 6) is 0. The van der Waals surface area contributed by atoms with Crippen molar-refractivity contribution in [3.05, 3.63) is 48.0 Å². The van der Waals surface area contributed by atoms with Crippen molar-refractivity contribution in [2.45, 2.75) is 19.1 Å².